The monoisotopic (exact) mass is 413 g/mol. The summed E-state index contributed by atoms with van der Waals surface area (Å²) in [5.74, 6) is 0.360. The van der Waals surface area contributed by atoms with Crippen LogP contribution in [-0.2, 0) is 11.3 Å². The molecule has 0 spiro atoms. The molecule has 0 bridgehead atoms. The molecule has 150 valence electrons. The number of nitrogens with zero attached hydrogens (tertiary/aromatic N) is 2. The SMILES string of the molecule is COc1cc(OC)c(NC(=O)Cn2nc(-c3ccc(C)cc3)ccc2=O)cc1Cl. The molecule has 0 saturated heterocycles. The number of benzene rings is 2. The number of carbonyl (C=O) groups excluding carboxylic acids is 1. The van der Waals surface area contributed by atoms with Gasteiger partial charge in [-0.3, -0.25) is 9.59 Å². The van der Waals surface area contributed by atoms with Crippen LogP contribution in [0.5, 0.6) is 11.5 Å². The maximum absolute atomic E-state index is 12.5. The second kappa shape index (κ2) is 8.79. The van der Waals surface area contributed by atoms with E-state index in [0.717, 1.165) is 15.8 Å². The maximum atomic E-state index is 12.5. The minimum atomic E-state index is -0.444. The first-order valence-electron chi connectivity index (χ1n) is 8.78. The molecule has 3 rings (SSSR count). The molecule has 0 atom stereocenters. The van der Waals surface area contributed by atoms with Gasteiger partial charge in [0.05, 0.1) is 30.6 Å². The number of methoxy groups -OCH3 is 2. The summed E-state index contributed by atoms with van der Waals surface area (Å²) >= 11 is 6.13. The lowest BCUT2D eigenvalue weighted by Crippen LogP contribution is -2.29. The third kappa shape index (κ3) is 4.75. The Balaban J connectivity index is 1.82. The lowest BCUT2D eigenvalue weighted by molar-refractivity contribution is -0.117. The zero-order valence-electron chi connectivity index (χ0n) is 16.2. The van der Waals surface area contributed by atoms with E-state index in [0.29, 0.717) is 27.9 Å². The second-order valence-electron chi connectivity index (χ2n) is 6.32. The van der Waals surface area contributed by atoms with Crippen LogP contribution in [0.4, 0.5) is 5.69 Å². The van der Waals surface area contributed by atoms with E-state index < -0.39 is 5.91 Å². The van der Waals surface area contributed by atoms with Gasteiger partial charge in [0.25, 0.3) is 5.56 Å². The molecule has 8 heteroatoms. The van der Waals surface area contributed by atoms with Crippen molar-refractivity contribution in [3.05, 3.63) is 69.5 Å². The van der Waals surface area contributed by atoms with Crippen molar-refractivity contribution in [3.63, 3.8) is 0 Å². The molecule has 0 radical (unpaired) electrons. The van der Waals surface area contributed by atoms with Crippen molar-refractivity contribution in [2.75, 3.05) is 19.5 Å². The minimum Gasteiger partial charge on any atom is -0.495 e. The van der Waals surface area contributed by atoms with Crippen LogP contribution in [0.15, 0.2) is 53.3 Å². The van der Waals surface area contributed by atoms with E-state index in [4.69, 9.17) is 21.1 Å². The summed E-state index contributed by atoms with van der Waals surface area (Å²) in [5.41, 5.74) is 2.56. The molecule has 3 aromatic rings. The number of halogens is 1. The van der Waals surface area contributed by atoms with Gasteiger partial charge in [-0.05, 0) is 19.1 Å². The lowest BCUT2D eigenvalue weighted by Gasteiger charge is -2.13. The molecular weight excluding hydrogens is 394 g/mol. The third-order valence-corrected chi connectivity index (χ3v) is 4.55. The average Bonchev–Trinajstić information content (AvgIpc) is 2.70. The Morgan fingerprint density at radius 1 is 1.07 bits per heavy atom. The topological polar surface area (TPSA) is 82.4 Å². The predicted octanol–water partition coefficient (Wildman–Crippen LogP) is 3.53. The second-order valence-corrected chi connectivity index (χ2v) is 6.72. The Kier molecular flexibility index (Phi) is 6.19. The van der Waals surface area contributed by atoms with Gasteiger partial charge < -0.3 is 14.8 Å². The number of anilines is 1. The summed E-state index contributed by atoms with van der Waals surface area (Å²) in [7, 11) is 2.95. The van der Waals surface area contributed by atoms with Crippen LogP contribution < -0.4 is 20.3 Å². The van der Waals surface area contributed by atoms with Crippen molar-refractivity contribution in [2.45, 2.75) is 13.5 Å². The molecule has 0 aliphatic rings. The lowest BCUT2D eigenvalue weighted by atomic mass is 10.1. The third-order valence-electron chi connectivity index (χ3n) is 4.26. The fourth-order valence-electron chi connectivity index (χ4n) is 2.72. The van der Waals surface area contributed by atoms with Crippen molar-refractivity contribution < 1.29 is 14.3 Å². The Hall–Kier alpha value is -3.32. The number of aryl methyl sites for hydroxylation is 1. The Bertz CT molecular complexity index is 1090. The Labute approximate surface area is 172 Å². The summed E-state index contributed by atoms with van der Waals surface area (Å²) in [4.78, 5) is 24.7. The molecule has 0 aliphatic heterocycles. The fraction of sp³-hybridized carbons (Fsp3) is 0.190. The van der Waals surface area contributed by atoms with E-state index >= 15 is 0 Å². The van der Waals surface area contributed by atoms with Crippen LogP contribution in [0.3, 0.4) is 0 Å². The van der Waals surface area contributed by atoms with Gasteiger partial charge in [-0.25, -0.2) is 4.68 Å². The highest BCUT2D eigenvalue weighted by atomic mass is 35.5. The summed E-state index contributed by atoms with van der Waals surface area (Å²) in [6.45, 7) is 1.73. The molecule has 1 amide bonds. The van der Waals surface area contributed by atoms with Gasteiger partial charge in [-0.1, -0.05) is 41.4 Å². The van der Waals surface area contributed by atoms with Crippen molar-refractivity contribution in [2.24, 2.45) is 0 Å². The summed E-state index contributed by atoms with van der Waals surface area (Å²) in [6.07, 6.45) is 0. The van der Waals surface area contributed by atoms with Crippen molar-refractivity contribution in [1.82, 2.24) is 9.78 Å². The van der Waals surface area contributed by atoms with Crippen LogP contribution in [-0.4, -0.2) is 29.9 Å². The van der Waals surface area contributed by atoms with Crippen molar-refractivity contribution >= 4 is 23.2 Å². The van der Waals surface area contributed by atoms with E-state index in [1.54, 1.807) is 12.1 Å². The molecule has 0 fully saturated rings. The fourth-order valence-corrected chi connectivity index (χ4v) is 2.96. The standard InChI is InChI=1S/C21H20ClN3O4/c1-13-4-6-14(7-5-13)16-8-9-21(27)25(24-16)12-20(26)23-17-10-15(22)18(28-2)11-19(17)29-3/h4-11H,12H2,1-3H3,(H,23,26). The molecular formula is C21H20ClN3O4. The molecule has 1 aromatic heterocycles. The maximum Gasteiger partial charge on any atom is 0.267 e. The van der Waals surface area contributed by atoms with Gasteiger partial charge in [0.15, 0.2) is 0 Å². The van der Waals surface area contributed by atoms with Crippen LogP contribution in [0.25, 0.3) is 11.3 Å². The predicted molar refractivity (Wildman–Crippen MR) is 112 cm³/mol. The molecule has 1 N–H and O–H groups in total. The van der Waals surface area contributed by atoms with Crippen LogP contribution in [0.2, 0.25) is 5.02 Å². The van der Waals surface area contributed by atoms with Crippen molar-refractivity contribution in [1.29, 1.82) is 0 Å². The molecule has 2 aromatic carbocycles. The van der Waals surface area contributed by atoms with Crippen LogP contribution in [0, 0.1) is 6.92 Å². The normalized spacial score (nSPS) is 10.5. The van der Waals surface area contributed by atoms with Crippen LogP contribution >= 0.6 is 11.6 Å². The number of hydrogen-bond acceptors (Lipinski definition) is 5. The largest absolute Gasteiger partial charge is 0.495 e. The zero-order valence-corrected chi connectivity index (χ0v) is 17.0. The molecule has 0 unspecified atom stereocenters. The van der Waals surface area contributed by atoms with Gasteiger partial charge in [0.2, 0.25) is 5.91 Å². The zero-order chi connectivity index (χ0) is 21.0. The molecule has 0 aliphatic carbocycles. The Morgan fingerprint density at radius 3 is 2.41 bits per heavy atom. The Morgan fingerprint density at radius 2 is 1.76 bits per heavy atom. The first kappa shape index (κ1) is 20.4. The quantitative estimate of drug-likeness (QED) is 0.668. The first-order chi connectivity index (χ1) is 13.9. The van der Waals surface area contributed by atoms with Gasteiger partial charge in [-0.2, -0.15) is 5.10 Å². The average molecular weight is 414 g/mol. The van der Waals surface area contributed by atoms with E-state index in [-0.39, 0.29) is 12.1 Å². The molecule has 1 heterocycles. The highest BCUT2D eigenvalue weighted by Gasteiger charge is 2.14. The number of nitrogens with one attached hydrogen (secondary N) is 1. The highest BCUT2D eigenvalue weighted by Crippen LogP contribution is 2.35. The minimum absolute atomic E-state index is 0.259. The van der Waals surface area contributed by atoms with E-state index in [2.05, 4.69) is 10.4 Å². The van der Waals surface area contributed by atoms with Crippen LogP contribution in [0.1, 0.15) is 5.56 Å². The van der Waals surface area contributed by atoms with E-state index in [1.165, 1.54) is 26.4 Å². The highest BCUT2D eigenvalue weighted by molar-refractivity contribution is 6.32. The van der Waals surface area contributed by atoms with Crippen molar-refractivity contribution in [3.8, 4) is 22.8 Å². The van der Waals surface area contributed by atoms with Gasteiger partial charge >= 0.3 is 0 Å². The van der Waals surface area contributed by atoms with E-state index in [1.807, 2.05) is 31.2 Å². The van der Waals surface area contributed by atoms with Gasteiger partial charge in [0.1, 0.15) is 18.0 Å². The van der Waals surface area contributed by atoms with E-state index in [9.17, 15) is 9.59 Å². The van der Waals surface area contributed by atoms with Gasteiger partial charge in [0, 0.05) is 17.7 Å². The summed E-state index contributed by atoms with van der Waals surface area (Å²) in [5, 5.41) is 7.32. The number of ether oxygens (including phenoxy) is 2. The smallest absolute Gasteiger partial charge is 0.267 e. The number of hydrogen-bond donors (Lipinski definition) is 1. The molecule has 29 heavy (non-hydrogen) atoms. The number of rotatable bonds is 6. The summed E-state index contributed by atoms with van der Waals surface area (Å²) in [6, 6.07) is 13.9. The molecule has 0 saturated carbocycles. The number of carbonyl (C=O) groups is 1. The number of amides is 1. The molecule has 7 nitrogen and oxygen atoms in total. The summed E-state index contributed by atoms with van der Waals surface area (Å²) < 4.78 is 11.5. The number of aromatic nitrogens is 2. The first-order valence-corrected chi connectivity index (χ1v) is 9.15. The van der Waals surface area contributed by atoms with Gasteiger partial charge in [-0.15, -0.1) is 0 Å².